The second-order valence-electron chi connectivity index (χ2n) is 2.87. The molecule has 0 aliphatic carbocycles. The highest BCUT2D eigenvalue weighted by molar-refractivity contribution is 6.17. The Balaban J connectivity index is 3.98. The lowest BCUT2D eigenvalue weighted by Gasteiger charge is -2.27. The Morgan fingerprint density at radius 1 is 1.10 bits per heavy atom. The van der Waals surface area contributed by atoms with Crippen LogP contribution in [0.25, 0.3) is 0 Å². The van der Waals surface area contributed by atoms with E-state index in [9.17, 15) is 0 Å². The minimum Gasteiger partial charge on any atom is -0.291 e. The quantitative estimate of drug-likeness (QED) is 0.396. The molecule has 60 valence electrons. The van der Waals surface area contributed by atoms with Gasteiger partial charge in [0.2, 0.25) is 0 Å². The summed E-state index contributed by atoms with van der Waals surface area (Å²) in [6, 6.07) is 0. The molecule has 2 nitrogen and oxygen atoms in total. The van der Waals surface area contributed by atoms with E-state index in [1.165, 1.54) is 0 Å². The van der Waals surface area contributed by atoms with Gasteiger partial charge in [-0.1, -0.05) is 6.08 Å². The van der Waals surface area contributed by atoms with Crippen molar-refractivity contribution in [1.29, 1.82) is 0 Å². The first-order valence-corrected chi connectivity index (χ1v) is 4.70. The zero-order chi connectivity index (χ0) is 8.15. The molecule has 0 saturated heterocycles. The van der Waals surface area contributed by atoms with Gasteiger partial charge in [0.05, 0.1) is 6.17 Å². The van der Waals surface area contributed by atoms with Gasteiger partial charge in [0.25, 0.3) is 0 Å². The van der Waals surface area contributed by atoms with E-state index in [2.05, 4.69) is 49.8 Å². The standard InChI is InChI=1S/C7H18N2Si/c1-8(2)7(5-6-10)9(3)4/h5-7H,1-4,10H3/b6-5+. The fraction of sp³-hybridized carbons (Fsp3) is 0.714. The van der Waals surface area contributed by atoms with Crippen LogP contribution in [0.5, 0.6) is 0 Å². The third-order valence-electron chi connectivity index (χ3n) is 1.42. The zero-order valence-electron chi connectivity index (χ0n) is 7.63. The maximum atomic E-state index is 2.23. The summed E-state index contributed by atoms with van der Waals surface area (Å²) in [6.07, 6.45) is 2.68. The van der Waals surface area contributed by atoms with Crippen molar-refractivity contribution in [1.82, 2.24) is 9.80 Å². The SMILES string of the molecule is CN(C)C(/C=C/[SiH3])N(C)C. The molecule has 0 spiro atoms. The van der Waals surface area contributed by atoms with E-state index in [1.807, 2.05) is 0 Å². The minimum absolute atomic E-state index is 0.456. The van der Waals surface area contributed by atoms with Gasteiger partial charge in [-0.3, -0.25) is 9.80 Å². The second-order valence-corrected chi connectivity index (χ2v) is 3.53. The maximum Gasteiger partial charge on any atom is 0.0800 e. The van der Waals surface area contributed by atoms with Crippen LogP contribution in [0.3, 0.4) is 0 Å². The first-order valence-electron chi connectivity index (χ1n) is 3.55. The van der Waals surface area contributed by atoms with Crippen LogP contribution in [0.4, 0.5) is 0 Å². The molecule has 0 heterocycles. The molecule has 0 N–H and O–H groups in total. The molecule has 0 rings (SSSR count). The predicted octanol–water partition coefficient (Wildman–Crippen LogP) is -0.685. The molecular weight excluding hydrogens is 140 g/mol. The Morgan fingerprint density at radius 3 is 1.60 bits per heavy atom. The van der Waals surface area contributed by atoms with Crippen molar-refractivity contribution in [3.05, 3.63) is 11.8 Å². The molecule has 0 aliphatic rings. The Bertz CT molecular complexity index is 102. The Morgan fingerprint density at radius 2 is 1.50 bits per heavy atom. The first-order chi connectivity index (χ1) is 4.59. The highest BCUT2D eigenvalue weighted by atomic mass is 28.1. The first kappa shape index (κ1) is 9.88. The summed E-state index contributed by atoms with van der Waals surface area (Å²) in [7, 11) is 9.50. The second kappa shape index (κ2) is 4.66. The molecule has 0 bridgehead atoms. The summed E-state index contributed by atoms with van der Waals surface area (Å²) < 4.78 is 0. The monoisotopic (exact) mass is 158 g/mol. The van der Waals surface area contributed by atoms with Crippen LogP contribution in [-0.2, 0) is 0 Å². The summed E-state index contributed by atoms with van der Waals surface area (Å²) in [5, 5.41) is 0. The zero-order valence-corrected chi connectivity index (χ0v) is 9.63. The topological polar surface area (TPSA) is 6.48 Å². The molecule has 0 radical (unpaired) electrons. The summed E-state index contributed by atoms with van der Waals surface area (Å²) >= 11 is 0. The molecule has 0 aromatic heterocycles. The molecule has 0 aliphatic heterocycles. The fourth-order valence-corrected chi connectivity index (χ4v) is 1.32. The minimum atomic E-state index is 0.456. The van der Waals surface area contributed by atoms with Crippen LogP contribution in [0.15, 0.2) is 11.8 Å². The third-order valence-corrected chi connectivity index (χ3v) is 1.81. The van der Waals surface area contributed by atoms with E-state index in [1.54, 1.807) is 0 Å². The lowest BCUT2D eigenvalue weighted by atomic mass is 10.4. The van der Waals surface area contributed by atoms with Crippen LogP contribution in [0.1, 0.15) is 0 Å². The number of nitrogens with zero attached hydrogens (tertiary/aromatic N) is 2. The van der Waals surface area contributed by atoms with E-state index in [-0.39, 0.29) is 0 Å². The van der Waals surface area contributed by atoms with Crippen molar-refractivity contribution in [3.8, 4) is 0 Å². The van der Waals surface area contributed by atoms with Gasteiger partial charge in [-0.25, -0.2) is 0 Å². The molecule has 0 saturated carbocycles. The van der Waals surface area contributed by atoms with E-state index in [0.717, 1.165) is 10.2 Å². The lowest BCUT2D eigenvalue weighted by Crippen LogP contribution is -2.38. The molecule has 0 aromatic carbocycles. The summed E-state index contributed by atoms with van der Waals surface area (Å²) in [6.45, 7) is 0. The van der Waals surface area contributed by atoms with Gasteiger partial charge in [0.1, 0.15) is 0 Å². The largest absolute Gasteiger partial charge is 0.291 e. The average molecular weight is 158 g/mol. The molecule has 0 unspecified atom stereocenters. The number of likely N-dealkylation sites (N-methyl/N-ethyl adjacent to an activating group) is 2. The summed E-state index contributed by atoms with van der Waals surface area (Å²) in [5.41, 5.74) is 2.21. The lowest BCUT2D eigenvalue weighted by molar-refractivity contribution is 0.174. The third kappa shape index (κ3) is 3.15. The number of hydrogen-bond donors (Lipinski definition) is 0. The molecule has 10 heavy (non-hydrogen) atoms. The normalized spacial score (nSPS) is 13.1. The highest BCUT2D eigenvalue weighted by Crippen LogP contribution is 1.97. The average Bonchev–Trinajstić information content (AvgIpc) is 1.81. The van der Waals surface area contributed by atoms with Gasteiger partial charge in [-0.2, -0.15) is 0 Å². The highest BCUT2D eigenvalue weighted by Gasteiger charge is 2.07. The molecule has 3 heteroatoms. The Kier molecular flexibility index (Phi) is 4.60. The van der Waals surface area contributed by atoms with E-state index in [0.29, 0.717) is 6.17 Å². The van der Waals surface area contributed by atoms with Gasteiger partial charge in [0.15, 0.2) is 0 Å². The van der Waals surface area contributed by atoms with Gasteiger partial charge in [-0.05, 0) is 28.2 Å². The van der Waals surface area contributed by atoms with Gasteiger partial charge in [0, 0.05) is 10.2 Å². The van der Waals surface area contributed by atoms with E-state index >= 15 is 0 Å². The smallest absolute Gasteiger partial charge is 0.0800 e. The van der Waals surface area contributed by atoms with Crippen molar-refractivity contribution >= 4 is 10.2 Å². The number of rotatable bonds is 3. The van der Waals surface area contributed by atoms with Crippen molar-refractivity contribution in [2.24, 2.45) is 0 Å². The van der Waals surface area contributed by atoms with Gasteiger partial charge in [-0.15, -0.1) is 5.70 Å². The van der Waals surface area contributed by atoms with Crippen LogP contribution in [0.2, 0.25) is 0 Å². The summed E-state index contributed by atoms with van der Waals surface area (Å²) in [4.78, 5) is 4.38. The number of hydrogen-bond acceptors (Lipinski definition) is 2. The van der Waals surface area contributed by atoms with Crippen molar-refractivity contribution in [2.75, 3.05) is 28.2 Å². The molecule has 0 atom stereocenters. The van der Waals surface area contributed by atoms with E-state index in [4.69, 9.17) is 0 Å². The van der Waals surface area contributed by atoms with Crippen molar-refractivity contribution in [2.45, 2.75) is 6.17 Å². The van der Waals surface area contributed by atoms with E-state index < -0.39 is 0 Å². The predicted molar refractivity (Wildman–Crippen MR) is 50.2 cm³/mol. The van der Waals surface area contributed by atoms with Crippen LogP contribution >= 0.6 is 0 Å². The summed E-state index contributed by atoms with van der Waals surface area (Å²) in [5.74, 6) is 0. The fourth-order valence-electron chi connectivity index (χ4n) is 0.978. The Labute approximate surface area is 66.9 Å². The van der Waals surface area contributed by atoms with Gasteiger partial charge >= 0.3 is 0 Å². The van der Waals surface area contributed by atoms with Crippen LogP contribution < -0.4 is 0 Å². The van der Waals surface area contributed by atoms with Crippen molar-refractivity contribution in [3.63, 3.8) is 0 Å². The molecular formula is C7H18N2Si. The molecule has 0 amide bonds. The molecule has 0 aromatic rings. The van der Waals surface area contributed by atoms with Crippen LogP contribution in [-0.4, -0.2) is 54.4 Å². The Hall–Kier alpha value is -0.123. The van der Waals surface area contributed by atoms with Gasteiger partial charge < -0.3 is 0 Å². The molecule has 0 fully saturated rings. The van der Waals surface area contributed by atoms with Crippen molar-refractivity contribution < 1.29 is 0 Å². The van der Waals surface area contributed by atoms with Crippen LogP contribution in [0, 0.1) is 0 Å². The maximum absolute atomic E-state index is 2.23.